The van der Waals surface area contributed by atoms with Crippen molar-refractivity contribution in [3.8, 4) is 10.6 Å². The van der Waals surface area contributed by atoms with Gasteiger partial charge in [-0.25, -0.2) is 9.78 Å². The molecule has 26 heavy (non-hydrogen) atoms. The van der Waals surface area contributed by atoms with Gasteiger partial charge in [-0.1, -0.05) is 13.8 Å². The van der Waals surface area contributed by atoms with Crippen molar-refractivity contribution >= 4 is 38.9 Å². The Morgan fingerprint density at radius 2 is 2.27 bits per heavy atom. The van der Waals surface area contributed by atoms with E-state index in [1.807, 2.05) is 11.4 Å². The van der Waals surface area contributed by atoms with E-state index in [1.54, 1.807) is 22.7 Å². The summed E-state index contributed by atoms with van der Waals surface area (Å²) in [6, 6.07) is 4.08. The van der Waals surface area contributed by atoms with Crippen LogP contribution in [-0.2, 0) is 19.4 Å². The number of fused-ring (bicyclic) bond motifs is 2. The molecule has 0 aromatic carbocycles. The number of aromatic carboxylic acids is 1. The lowest BCUT2D eigenvalue weighted by atomic mass is 9.76. The van der Waals surface area contributed by atoms with Crippen molar-refractivity contribution in [2.75, 3.05) is 0 Å². The molecule has 0 spiro atoms. The minimum absolute atomic E-state index is 0.127. The van der Waals surface area contributed by atoms with Crippen LogP contribution < -0.4 is 11.3 Å². The number of nitrogens with zero attached hydrogens (tertiary/aromatic N) is 1. The lowest BCUT2D eigenvalue weighted by molar-refractivity contribution is 0.0696. The molecule has 4 N–H and O–H groups in total. The molecule has 3 aromatic heterocycles. The molecule has 0 unspecified atom stereocenters. The van der Waals surface area contributed by atoms with E-state index in [0.29, 0.717) is 12.1 Å². The first-order valence-electron chi connectivity index (χ1n) is 8.58. The molecule has 136 valence electrons. The number of aromatic nitrogens is 1. The number of carboxylic acid groups (broad SMARTS) is 1. The number of carbonyl (C=O) groups is 1. The van der Waals surface area contributed by atoms with Gasteiger partial charge in [-0.3, -0.25) is 11.3 Å². The SMILES string of the molecule is CC1(C)CCc2sc(-c3nc4sccc4cc3CNN)c(C(=O)O)c2C1. The fourth-order valence-corrected chi connectivity index (χ4v) is 5.78. The van der Waals surface area contributed by atoms with Gasteiger partial charge in [0.05, 0.1) is 16.1 Å². The summed E-state index contributed by atoms with van der Waals surface area (Å²) < 4.78 is 0. The van der Waals surface area contributed by atoms with E-state index in [2.05, 4.69) is 25.3 Å². The standard InChI is InChI=1S/C19H21N3O2S2/c1-19(2)5-3-13-12(8-19)14(18(23)24)16(26-13)15-11(9-21-20)7-10-4-6-25-17(10)22-15/h4,6-7,21H,3,5,8-9,20H2,1-2H3,(H,23,24). The molecule has 0 fully saturated rings. The van der Waals surface area contributed by atoms with E-state index < -0.39 is 5.97 Å². The van der Waals surface area contributed by atoms with Crippen LogP contribution in [0.2, 0.25) is 0 Å². The highest BCUT2D eigenvalue weighted by Gasteiger charge is 2.33. The zero-order valence-electron chi connectivity index (χ0n) is 14.8. The number of rotatable bonds is 4. The second-order valence-electron chi connectivity index (χ2n) is 7.55. The Kier molecular flexibility index (Phi) is 4.35. The highest BCUT2D eigenvalue weighted by atomic mass is 32.1. The van der Waals surface area contributed by atoms with E-state index in [4.69, 9.17) is 10.8 Å². The highest BCUT2D eigenvalue weighted by Crippen LogP contribution is 2.45. The first kappa shape index (κ1) is 17.6. The Morgan fingerprint density at radius 1 is 1.46 bits per heavy atom. The minimum Gasteiger partial charge on any atom is -0.478 e. The monoisotopic (exact) mass is 387 g/mol. The van der Waals surface area contributed by atoms with Crippen molar-refractivity contribution in [2.45, 2.75) is 39.7 Å². The van der Waals surface area contributed by atoms with Gasteiger partial charge in [0, 0.05) is 16.8 Å². The maximum Gasteiger partial charge on any atom is 0.337 e. The van der Waals surface area contributed by atoms with Crippen LogP contribution in [0.25, 0.3) is 20.8 Å². The Morgan fingerprint density at radius 3 is 3.00 bits per heavy atom. The third-order valence-corrected chi connectivity index (χ3v) is 7.14. The van der Waals surface area contributed by atoms with Gasteiger partial charge in [0.15, 0.2) is 0 Å². The molecule has 0 saturated heterocycles. The van der Waals surface area contributed by atoms with Crippen LogP contribution in [0.15, 0.2) is 17.5 Å². The van der Waals surface area contributed by atoms with Gasteiger partial charge in [-0.05, 0) is 53.3 Å². The lowest BCUT2D eigenvalue weighted by Gasteiger charge is -2.29. The zero-order valence-corrected chi connectivity index (χ0v) is 16.4. The van der Waals surface area contributed by atoms with Gasteiger partial charge in [0.1, 0.15) is 4.83 Å². The topological polar surface area (TPSA) is 88.2 Å². The molecule has 0 saturated carbocycles. The molecular formula is C19H21N3O2S2. The number of carboxylic acids is 1. The first-order valence-corrected chi connectivity index (χ1v) is 10.3. The molecule has 0 radical (unpaired) electrons. The quantitative estimate of drug-likeness (QED) is 0.461. The van der Waals surface area contributed by atoms with E-state index in [1.165, 1.54) is 4.88 Å². The van der Waals surface area contributed by atoms with Gasteiger partial charge in [0.2, 0.25) is 0 Å². The number of pyridine rings is 1. The second kappa shape index (κ2) is 6.42. The number of hydrogen-bond donors (Lipinski definition) is 3. The van der Waals surface area contributed by atoms with Crippen LogP contribution in [0.1, 0.15) is 46.6 Å². The molecule has 4 rings (SSSR count). The summed E-state index contributed by atoms with van der Waals surface area (Å²) in [5.74, 6) is 4.70. The first-order chi connectivity index (χ1) is 12.4. The zero-order chi connectivity index (χ0) is 18.5. The van der Waals surface area contributed by atoms with Gasteiger partial charge in [0.25, 0.3) is 0 Å². The van der Waals surface area contributed by atoms with Crippen molar-refractivity contribution in [3.63, 3.8) is 0 Å². The predicted molar refractivity (Wildman–Crippen MR) is 107 cm³/mol. The Bertz CT molecular complexity index is 1000. The van der Waals surface area contributed by atoms with Crippen LogP contribution in [-0.4, -0.2) is 16.1 Å². The fourth-order valence-electron chi connectivity index (χ4n) is 3.70. The van der Waals surface area contributed by atoms with E-state index in [-0.39, 0.29) is 5.41 Å². The fraction of sp³-hybridized carbons (Fsp3) is 0.368. The van der Waals surface area contributed by atoms with Gasteiger partial charge in [-0.2, -0.15) is 0 Å². The number of hydrogen-bond acceptors (Lipinski definition) is 6. The number of nitrogens with two attached hydrogens (primary N) is 1. The summed E-state index contributed by atoms with van der Waals surface area (Å²) in [5.41, 5.74) is 5.92. The van der Waals surface area contributed by atoms with Gasteiger partial charge < -0.3 is 5.11 Å². The number of aryl methyl sites for hydroxylation is 1. The summed E-state index contributed by atoms with van der Waals surface area (Å²) in [6.45, 7) is 4.86. The van der Waals surface area contributed by atoms with Crippen molar-refractivity contribution in [3.05, 3.63) is 39.1 Å². The molecule has 1 aliphatic carbocycles. The van der Waals surface area contributed by atoms with E-state index >= 15 is 0 Å². The Labute approximate surface area is 159 Å². The largest absolute Gasteiger partial charge is 0.478 e. The smallest absolute Gasteiger partial charge is 0.337 e. The number of thiophene rings is 2. The van der Waals surface area contributed by atoms with Crippen molar-refractivity contribution < 1.29 is 9.90 Å². The third kappa shape index (κ3) is 2.95. The lowest BCUT2D eigenvalue weighted by Crippen LogP contribution is -2.22. The maximum atomic E-state index is 12.2. The molecular weight excluding hydrogens is 366 g/mol. The van der Waals surface area contributed by atoms with Crippen LogP contribution in [0.4, 0.5) is 0 Å². The van der Waals surface area contributed by atoms with Crippen molar-refractivity contribution in [1.82, 2.24) is 10.4 Å². The Hall–Kier alpha value is -1.80. The average Bonchev–Trinajstić information content (AvgIpc) is 3.16. The summed E-state index contributed by atoms with van der Waals surface area (Å²) in [4.78, 5) is 19.9. The Balaban J connectivity index is 1.96. The molecule has 3 heterocycles. The molecule has 0 aliphatic heterocycles. The van der Waals surface area contributed by atoms with Crippen LogP contribution >= 0.6 is 22.7 Å². The summed E-state index contributed by atoms with van der Waals surface area (Å²) >= 11 is 3.15. The number of hydrazine groups is 1. The van der Waals surface area contributed by atoms with Gasteiger partial charge >= 0.3 is 5.97 Å². The molecule has 0 amide bonds. The molecule has 3 aromatic rings. The second-order valence-corrected chi connectivity index (χ2v) is 9.55. The predicted octanol–water partition coefficient (Wildman–Crippen LogP) is 4.20. The van der Waals surface area contributed by atoms with Crippen LogP contribution in [0, 0.1) is 5.41 Å². The van der Waals surface area contributed by atoms with Gasteiger partial charge in [-0.15, -0.1) is 22.7 Å². The van der Waals surface area contributed by atoms with Crippen molar-refractivity contribution in [2.24, 2.45) is 11.3 Å². The van der Waals surface area contributed by atoms with E-state index in [0.717, 1.165) is 51.2 Å². The normalized spacial score (nSPS) is 16.0. The molecule has 0 bridgehead atoms. The molecule has 7 heteroatoms. The third-order valence-electron chi connectivity index (χ3n) is 5.02. The molecule has 5 nitrogen and oxygen atoms in total. The summed E-state index contributed by atoms with van der Waals surface area (Å²) in [5, 5.41) is 13.0. The summed E-state index contributed by atoms with van der Waals surface area (Å²) in [6.07, 6.45) is 2.80. The average molecular weight is 388 g/mol. The van der Waals surface area contributed by atoms with Crippen LogP contribution in [0.5, 0.6) is 0 Å². The summed E-state index contributed by atoms with van der Waals surface area (Å²) in [7, 11) is 0. The minimum atomic E-state index is -0.866. The van der Waals surface area contributed by atoms with Crippen LogP contribution in [0.3, 0.4) is 0 Å². The van der Waals surface area contributed by atoms with E-state index in [9.17, 15) is 9.90 Å². The number of nitrogens with one attached hydrogen (secondary N) is 1. The molecule has 0 atom stereocenters. The molecule has 1 aliphatic rings. The highest BCUT2D eigenvalue weighted by molar-refractivity contribution is 7.17. The van der Waals surface area contributed by atoms with Crippen molar-refractivity contribution in [1.29, 1.82) is 0 Å². The maximum absolute atomic E-state index is 12.2.